The number of amides is 1. The lowest BCUT2D eigenvalue weighted by molar-refractivity contribution is -0.144. The van der Waals surface area contributed by atoms with E-state index < -0.39 is 0 Å². The van der Waals surface area contributed by atoms with Crippen molar-refractivity contribution in [3.8, 4) is 11.4 Å². The van der Waals surface area contributed by atoms with Crippen molar-refractivity contribution in [3.05, 3.63) is 36.2 Å². The maximum Gasteiger partial charge on any atom is 0.251 e. The molecule has 1 unspecified atom stereocenters. The van der Waals surface area contributed by atoms with Crippen LogP contribution >= 0.6 is 0 Å². The Labute approximate surface area is 147 Å². The minimum atomic E-state index is -0.337. The molecule has 134 valence electrons. The molecule has 1 aliphatic rings. The Kier molecular flexibility index (Phi) is 5.78. The summed E-state index contributed by atoms with van der Waals surface area (Å²) in [5.74, 6) is 1.28. The highest BCUT2D eigenvalue weighted by Gasteiger charge is 2.27. The number of nitrogens with zero attached hydrogens (tertiary/aromatic N) is 4. The average molecular weight is 344 g/mol. The van der Waals surface area contributed by atoms with Gasteiger partial charge < -0.3 is 14.2 Å². The van der Waals surface area contributed by atoms with Gasteiger partial charge in [-0.15, -0.1) is 0 Å². The van der Waals surface area contributed by atoms with Crippen LogP contribution in [0, 0.1) is 0 Å². The van der Waals surface area contributed by atoms with E-state index >= 15 is 0 Å². The predicted molar refractivity (Wildman–Crippen MR) is 92.7 cm³/mol. The minimum Gasteiger partial charge on any atom is -0.372 e. The van der Waals surface area contributed by atoms with E-state index in [1.807, 2.05) is 42.2 Å². The van der Waals surface area contributed by atoms with Gasteiger partial charge in [0.05, 0.1) is 6.54 Å². The third-order valence-electron chi connectivity index (χ3n) is 4.47. The summed E-state index contributed by atoms with van der Waals surface area (Å²) in [7, 11) is 1.59. The van der Waals surface area contributed by atoms with Gasteiger partial charge in [-0.05, 0) is 6.42 Å². The molecule has 1 aromatic heterocycles. The van der Waals surface area contributed by atoms with E-state index in [0.29, 0.717) is 37.8 Å². The van der Waals surface area contributed by atoms with E-state index in [0.717, 1.165) is 18.7 Å². The van der Waals surface area contributed by atoms with E-state index in [2.05, 4.69) is 15.0 Å². The van der Waals surface area contributed by atoms with Gasteiger partial charge >= 0.3 is 0 Å². The SMILES string of the molecule is CCC(OC)C(=O)N1CCN(Cc2nc(-c3ccccc3)no2)CC1. The van der Waals surface area contributed by atoms with Gasteiger partial charge in [0.15, 0.2) is 0 Å². The highest BCUT2D eigenvalue weighted by molar-refractivity contribution is 5.81. The summed E-state index contributed by atoms with van der Waals surface area (Å²) in [6, 6.07) is 9.77. The Bertz CT molecular complexity index is 677. The number of hydrogen-bond donors (Lipinski definition) is 0. The molecule has 2 aromatic rings. The van der Waals surface area contributed by atoms with Crippen molar-refractivity contribution < 1.29 is 14.1 Å². The molecule has 1 amide bonds. The first-order chi connectivity index (χ1) is 12.2. The number of methoxy groups -OCH3 is 1. The van der Waals surface area contributed by atoms with Crippen LogP contribution in [0.3, 0.4) is 0 Å². The smallest absolute Gasteiger partial charge is 0.251 e. The van der Waals surface area contributed by atoms with E-state index in [4.69, 9.17) is 9.26 Å². The summed E-state index contributed by atoms with van der Waals surface area (Å²) in [4.78, 5) is 20.9. The minimum absolute atomic E-state index is 0.0776. The Morgan fingerprint density at radius 1 is 1.24 bits per heavy atom. The second-order valence-electron chi connectivity index (χ2n) is 6.11. The van der Waals surface area contributed by atoms with E-state index in [9.17, 15) is 4.79 Å². The molecule has 3 rings (SSSR count). The van der Waals surface area contributed by atoms with E-state index in [-0.39, 0.29) is 12.0 Å². The van der Waals surface area contributed by atoms with Crippen molar-refractivity contribution in [2.75, 3.05) is 33.3 Å². The lowest BCUT2D eigenvalue weighted by atomic mass is 10.2. The van der Waals surface area contributed by atoms with Crippen LogP contribution in [0.1, 0.15) is 19.2 Å². The summed E-state index contributed by atoms with van der Waals surface area (Å²) in [6.07, 6.45) is 0.357. The molecule has 1 atom stereocenters. The molecule has 0 N–H and O–H groups in total. The van der Waals surface area contributed by atoms with Crippen molar-refractivity contribution in [3.63, 3.8) is 0 Å². The topological polar surface area (TPSA) is 71.7 Å². The number of piperazine rings is 1. The molecule has 0 saturated carbocycles. The standard InChI is InChI=1S/C18H24N4O3/c1-3-15(24-2)18(23)22-11-9-21(10-12-22)13-16-19-17(20-25-16)14-7-5-4-6-8-14/h4-8,15H,3,9-13H2,1-2H3. The average Bonchev–Trinajstić information content (AvgIpc) is 3.12. The molecule has 7 nitrogen and oxygen atoms in total. The lowest BCUT2D eigenvalue weighted by Gasteiger charge is -2.35. The van der Waals surface area contributed by atoms with Crippen molar-refractivity contribution in [1.29, 1.82) is 0 Å². The van der Waals surface area contributed by atoms with Gasteiger partial charge in [-0.1, -0.05) is 42.4 Å². The Hall–Kier alpha value is -2.25. The van der Waals surface area contributed by atoms with Gasteiger partial charge in [0, 0.05) is 38.9 Å². The van der Waals surface area contributed by atoms with Gasteiger partial charge in [0.2, 0.25) is 11.7 Å². The van der Waals surface area contributed by atoms with Gasteiger partial charge in [0.25, 0.3) is 5.91 Å². The molecular weight excluding hydrogens is 320 g/mol. The predicted octanol–water partition coefficient (Wildman–Crippen LogP) is 1.81. The summed E-state index contributed by atoms with van der Waals surface area (Å²) < 4.78 is 10.6. The number of hydrogen-bond acceptors (Lipinski definition) is 6. The fraction of sp³-hybridized carbons (Fsp3) is 0.500. The van der Waals surface area contributed by atoms with Crippen molar-refractivity contribution >= 4 is 5.91 Å². The van der Waals surface area contributed by atoms with Crippen molar-refractivity contribution in [2.45, 2.75) is 26.0 Å². The van der Waals surface area contributed by atoms with Gasteiger partial charge in [-0.25, -0.2) is 0 Å². The molecule has 1 saturated heterocycles. The highest BCUT2D eigenvalue weighted by Crippen LogP contribution is 2.16. The first-order valence-corrected chi connectivity index (χ1v) is 8.63. The van der Waals surface area contributed by atoms with Crippen LogP contribution in [0.25, 0.3) is 11.4 Å². The molecule has 1 aromatic carbocycles. The summed E-state index contributed by atoms with van der Waals surface area (Å²) in [5, 5.41) is 4.05. The quantitative estimate of drug-likeness (QED) is 0.796. The Morgan fingerprint density at radius 3 is 2.60 bits per heavy atom. The van der Waals surface area contributed by atoms with Crippen molar-refractivity contribution in [2.24, 2.45) is 0 Å². The summed E-state index contributed by atoms with van der Waals surface area (Å²) in [6.45, 7) is 5.52. The van der Waals surface area contributed by atoms with Crippen LogP contribution in [0.2, 0.25) is 0 Å². The molecular formula is C18H24N4O3. The van der Waals surface area contributed by atoms with E-state index in [1.165, 1.54) is 0 Å². The maximum absolute atomic E-state index is 12.3. The van der Waals surface area contributed by atoms with Gasteiger partial charge in [-0.3, -0.25) is 9.69 Å². The lowest BCUT2D eigenvalue weighted by Crippen LogP contribution is -2.51. The van der Waals surface area contributed by atoms with Gasteiger partial charge in [0.1, 0.15) is 6.10 Å². The molecule has 0 spiro atoms. The fourth-order valence-electron chi connectivity index (χ4n) is 2.99. The molecule has 1 aliphatic heterocycles. The van der Waals surface area contributed by atoms with E-state index in [1.54, 1.807) is 7.11 Å². The number of ether oxygens (including phenoxy) is 1. The Morgan fingerprint density at radius 2 is 1.96 bits per heavy atom. The highest BCUT2D eigenvalue weighted by atomic mass is 16.5. The number of carbonyl (C=O) groups is 1. The third kappa shape index (κ3) is 4.24. The number of rotatable bonds is 6. The number of aromatic nitrogens is 2. The zero-order chi connectivity index (χ0) is 17.6. The molecule has 7 heteroatoms. The molecule has 0 aliphatic carbocycles. The van der Waals surface area contributed by atoms with Crippen LogP contribution < -0.4 is 0 Å². The number of carbonyl (C=O) groups excluding carboxylic acids is 1. The molecule has 0 radical (unpaired) electrons. The van der Waals surface area contributed by atoms with Crippen LogP contribution in [-0.4, -0.2) is 65.2 Å². The molecule has 25 heavy (non-hydrogen) atoms. The Balaban J connectivity index is 1.53. The van der Waals surface area contributed by atoms with Crippen LogP contribution in [0.15, 0.2) is 34.9 Å². The number of benzene rings is 1. The second-order valence-corrected chi connectivity index (χ2v) is 6.11. The zero-order valence-electron chi connectivity index (χ0n) is 14.7. The largest absolute Gasteiger partial charge is 0.372 e. The van der Waals surface area contributed by atoms with Gasteiger partial charge in [-0.2, -0.15) is 4.98 Å². The van der Waals surface area contributed by atoms with Crippen LogP contribution in [0.5, 0.6) is 0 Å². The fourth-order valence-corrected chi connectivity index (χ4v) is 2.99. The molecule has 1 fully saturated rings. The normalized spacial score (nSPS) is 16.8. The second kappa shape index (κ2) is 8.22. The summed E-state index contributed by atoms with van der Waals surface area (Å²) >= 11 is 0. The first-order valence-electron chi connectivity index (χ1n) is 8.63. The monoisotopic (exact) mass is 344 g/mol. The first kappa shape index (κ1) is 17.6. The molecule has 2 heterocycles. The third-order valence-corrected chi connectivity index (χ3v) is 4.47. The van der Waals surface area contributed by atoms with Crippen LogP contribution in [-0.2, 0) is 16.1 Å². The molecule has 0 bridgehead atoms. The van der Waals surface area contributed by atoms with Crippen molar-refractivity contribution in [1.82, 2.24) is 19.9 Å². The zero-order valence-corrected chi connectivity index (χ0v) is 14.7. The summed E-state index contributed by atoms with van der Waals surface area (Å²) in [5.41, 5.74) is 0.943. The maximum atomic E-state index is 12.3. The van der Waals surface area contributed by atoms with Crippen LogP contribution in [0.4, 0.5) is 0 Å².